The summed E-state index contributed by atoms with van der Waals surface area (Å²) >= 11 is 0. The molecule has 0 aliphatic carbocycles. The van der Waals surface area contributed by atoms with Gasteiger partial charge in [-0.3, -0.25) is 0 Å². The van der Waals surface area contributed by atoms with Crippen LogP contribution in [0.3, 0.4) is 0 Å². The smallest absolute Gasteiger partial charge is 0.159 e. The van der Waals surface area contributed by atoms with Gasteiger partial charge in [-0.1, -0.05) is 0 Å². The Bertz CT molecular complexity index is 441. The largest absolute Gasteiger partial charge is 0.383 e. The van der Waals surface area contributed by atoms with Gasteiger partial charge in [-0.15, -0.1) is 0 Å². The molecule has 4 heteroatoms. The summed E-state index contributed by atoms with van der Waals surface area (Å²) in [4.78, 5) is 6.42. The van der Waals surface area contributed by atoms with E-state index in [9.17, 15) is 0 Å². The van der Waals surface area contributed by atoms with Crippen LogP contribution in [0.2, 0.25) is 0 Å². The minimum atomic E-state index is 0.220. The minimum absolute atomic E-state index is 0.220. The van der Waals surface area contributed by atoms with Crippen LogP contribution >= 0.6 is 0 Å². The summed E-state index contributed by atoms with van der Waals surface area (Å²) in [6, 6.07) is 0. The highest BCUT2D eigenvalue weighted by Crippen LogP contribution is 2.06. The number of nitrogens with zero attached hydrogens (tertiary/aromatic N) is 4. The van der Waals surface area contributed by atoms with E-state index in [4.69, 9.17) is 0 Å². The van der Waals surface area contributed by atoms with Crippen LogP contribution in [0.15, 0.2) is 4.99 Å². The van der Waals surface area contributed by atoms with Gasteiger partial charge in [0.1, 0.15) is 6.17 Å². The van der Waals surface area contributed by atoms with Gasteiger partial charge in [-0.05, 0) is 13.8 Å². The molecule has 1 unspecified atom stereocenters. The van der Waals surface area contributed by atoms with Crippen molar-refractivity contribution in [3.8, 4) is 0 Å². The molecule has 2 rings (SSSR count). The maximum absolute atomic E-state index is 4.40. The topological polar surface area (TPSA) is 33.4 Å². The summed E-state index contributed by atoms with van der Waals surface area (Å²) in [6.45, 7) is 4.06. The first-order valence-electron chi connectivity index (χ1n) is 4.41. The lowest BCUT2D eigenvalue weighted by molar-refractivity contribution is 0.403. The first-order chi connectivity index (χ1) is 6.09. The van der Waals surface area contributed by atoms with Crippen molar-refractivity contribution in [1.29, 1.82) is 0 Å². The lowest BCUT2D eigenvalue weighted by atomic mass is 10.3. The molecule has 0 saturated heterocycles. The second-order valence-electron chi connectivity index (χ2n) is 3.62. The lowest BCUT2D eigenvalue weighted by Gasteiger charge is -2.14. The van der Waals surface area contributed by atoms with Gasteiger partial charge in [0.2, 0.25) is 0 Å². The number of fused-ring (bicyclic) bond motifs is 1. The van der Waals surface area contributed by atoms with Gasteiger partial charge in [-0.25, -0.2) is 9.67 Å². The molecule has 0 amide bonds. The molecule has 0 fully saturated rings. The molecule has 0 radical (unpaired) electrons. The van der Waals surface area contributed by atoms with E-state index in [1.54, 1.807) is 0 Å². The Labute approximate surface area is 77.2 Å². The Hall–Kier alpha value is -1.32. The van der Waals surface area contributed by atoms with E-state index >= 15 is 0 Å². The third-order valence-corrected chi connectivity index (χ3v) is 2.16. The molecule has 13 heavy (non-hydrogen) atoms. The minimum Gasteiger partial charge on any atom is -0.383 e. The van der Waals surface area contributed by atoms with Crippen LogP contribution in [-0.2, 0) is 0 Å². The zero-order valence-electron chi connectivity index (χ0n) is 8.44. The zero-order valence-corrected chi connectivity index (χ0v) is 8.44. The van der Waals surface area contributed by atoms with Crippen molar-refractivity contribution in [2.45, 2.75) is 20.0 Å². The normalized spacial score (nSPS) is 20.6. The van der Waals surface area contributed by atoms with Crippen molar-refractivity contribution in [1.82, 2.24) is 14.7 Å². The second kappa shape index (κ2) is 2.58. The number of hydrogen-bond acceptors (Lipinski definition) is 3. The third-order valence-electron chi connectivity index (χ3n) is 2.16. The zero-order chi connectivity index (χ0) is 9.59. The van der Waals surface area contributed by atoms with Gasteiger partial charge >= 0.3 is 0 Å². The summed E-state index contributed by atoms with van der Waals surface area (Å²) in [5.74, 6) is 0. The van der Waals surface area contributed by atoms with Crippen LogP contribution in [0, 0.1) is 6.92 Å². The van der Waals surface area contributed by atoms with Crippen molar-refractivity contribution in [2.75, 3.05) is 14.1 Å². The van der Waals surface area contributed by atoms with E-state index in [1.807, 2.05) is 37.5 Å². The molecule has 1 aromatic heterocycles. The molecular weight excluding hydrogens is 164 g/mol. The van der Waals surface area contributed by atoms with Crippen LogP contribution in [0.5, 0.6) is 0 Å². The fraction of sp³-hybridized carbons (Fsp3) is 0.556. The monoisotopic (exact) mass is 178 g/mol. The molecule has 0 N–H and O–H groups in total. The first kappa shape index (κ1) is 8.29. The SMILES string of the molecule is Cc1nn2c(c1=CN(C)C)=NC2C. The van der Waals surface area contributed by atoms with Crippen LogP contribution < -0.4 is 10.7 Å². The second-order valence-corrected chi connectivity index (χ2v) is 3.62. The van der Waals surface area contributed by atoms with Gasteiger partial charge < -0.3 is 4.90 Å². The summed E-state index contributed by atoms with van der Waals surface area (Å²) in [6.07, 6.45) is 2.28. The van der Waals surface area contributed by atoms with Gasteiger partial charge in [0, 0.05) is 20.3 Å². The van der Waals surface area contributed by atoms with E-state index in [1.165, 1.54) is 0 Å². The van der Waals surface area contributed by atoms with Gasteiger partial charge in [0.15, 0.2) is 5.49 Å². The molecule has 1 aliphatic rings. The van der Waals surface area contributed by atoms with E-state index in [0.717, 1.165) is 16.4 Å². The fourth-order valence-corrected chi connectivity index (χ4v) is 1.52. The Kier molecular flexibility index (Phi) is 1.65. The molecule has 0 spiro atoms. The Balaban J connectivity index is 2.64. The number of hydrogen-bond donors (Lipinski definition) is 0. The predicted molar refractivity (Wildman–Crippen MR) is 50.6 cm³/mol. The highest BCUT2D eigenvalue weighted by molar-refractivity contribution is 5.23. The lowest BCUT2D eigenvalue weighted by Crippen LogP contribution is -2.41. The molecule has 1 atom stereocenters. The van der Waals surface area contributed by atoms with Crippen molar-refractivity contribution < 1.29 is 0 Å². The maximum atomic E-state index is 4.40. The Morgan fingerprint density at radius 1 is 1.46 bits per heavy atom. The van der Waals surface area contributed by atoms with Crippen LogP contribution in [-0.4, -0.2) is 28.8 Å². The maximum Gasteiger partial charge on any atom is 0.159 e. The van der Waals surface area contributed by atoms with Crippen LogP contribution in [0.4, 0.5) is 0 Å². The van der Waals surface area contributed by atoms with Crippen molar-refractivity contribution in [2.24, 2.45) is 4.99 Å². The molecule has 2 heterocycles. The Morgan fingerprint density at radius 3 is 2.62 bits per heavy atom. The number of aryl methyl sites for hydroxylation is 1. The molecule has 0 aromatic carbocycles. The highest BCUT2D eigenvalue weighted by atomic mass is 15.4. The molecule has 70 valence electrons. The van der Waals surface area contributed by atoms with E-state index in [-0.39, 0.29) is 6.17 Å². The standard InChI is InChI=1S/C9H14N4/c1-6-8(5-12(3)4)9-10-7(2)13(9)11-6/h5,7H,1-4H3. The molecule has 1 aromatic rings. The summed E-state index contributed by atoms with van der Waals surface area (Å²) in [7, 11) is 4.01. The van der Waals surface area contributed by atoms with E-state index < -0.39 is 0 Å². The summed E-state index contributed by atoms with van der Waals surface area (Å²) < 4.78 is 1.96. The first-order valence-corrected chi connectivity index (χ1v) is 4.41. The average molecular weight is 178 g/mol. The highest BCUT2D eigenvalue weighted by Gasteiger charge is 2.17. The van der Waals surface area contributed by atoms with E-state index in [2.05, 4.69) is 16.3 Å². The summed E-state index contributed by atoms with van der Waals surface area (Å²) in [5, 5.41) is 5.54. The Morgan fingerprint density at radius 2 is 2.15 bits per heavy atom. The van der Waals surface area contributed by atoms with Crippen molar-refractivity contribution in [3.05, 3.63) is 16.4 Å². The van der Waals surface area contributed by atoms with Crippen molar-refractivity contribution in [3.63, 3.8) is 0 Å². The van der Waals surface area contributed by atoms with Crippen LogP contribution in [0.1, 0.15) is 18.8 Å². The average Bonchev–Trinajstić information content (AvgIpc) is 2.27. The van der Waals surface area contributed by atoms with E-state index in [0.29, 0.717) is 0 Å². The van der Waals surface area contributed by atoms with Gasteiger partial charge in [0.25, 0.3) is 0 Å². The number of aromatic nitrogens is 2. The molecule has 0 bridgehead atoms. The van der Waals surface area contributed by atoms with Gasteiger partial charge in [-0.2, -0.15) is 5.10 Å². The fourth-order valence-electron chi connectivity index (χ4n) is 1.52. The third kappa shape index (κ3) is 1.13. The quantitative estimate of drug-likeness (QED) is 0.588. The summed E-state index contributed by atoms with van der Waals surface area (Å²) in [5.41, 5.74) is 2.07. The molecule has 1 aliphatic heterocycles. The molecule has 4 nitrogen and oxygen atoms in total. The molecular formula is C9H14N4. The predicted octanol–water partition coefficient (Wildman–Crippen LogP) is -0.357. The molecule has 0 saturated carbocycles. The van der Waals surface area contributed by atoms with Crippen LogP contribution in [0.25, 0.3) is 6.20 Å². The number of rotatable bonds is 1. The van der Waals surface area contributed by atoms with Crippen molar-refractivity contribution >= 4 is 6.20 Å². The van der Waals surface area contributed by atoms with Gasteiger partial charge in [0.05, 0.1) is 10.9 Å².